The van der Waals surface area contributed by atoms with Crippen molar-refractivity contribution in [2.45, 2.75) is 45.8 Å². The molecule has 116 valence electrons. The molecule has 0 amide bonds. The van der Waals surface area contributed by atoms with Crippen molar-refractivity contribution in [1.29, 1.82) is 0 Å². The highest BCUT2D eigenvalue weighted by atomic mass is 17.2. The molecule has 4 nitrogen and oxygen atoms in total. The molecule has 1 aromatic carbocycles. The summed E-state index contributed by atoms with van der Waals surface area (Å²) < 4.78 is 5.31. The molecule has 0 fully saturated rings. The molecule has 1 aromatic rings. The van der Waals surface area contributed by atoms with Gasteiger partial charge < -0.3 is 4.74 Å². The van der Waals surface area contributed by atoms with E-state index in [1.807, 2.05) is 30.3 Å². The fraction of sp³-hybridized carbons (Fsp3) is 0.471. The Bertz CT molecular complexity index is 428. The number of benzene rings is 1. The van der Waals surface area contributed by atoms with E-state index < -0.39 is 12.3 Å². The molecule has 0 N–H and O–H groups in total. The Morgan fingerprint density at radius 2 is 2.00 bits per heavy atom. The minimum absolute atomic E-state index is 0.389. The van der Waals surface area contributed by atoms with Gasteiger partial charge in [-0.2, -0.15) is 4.89 Å². The molecule has 1 rings (SSSR count). The van der Waals surface area contributed by atoms with Crippen LogP contribution in [0.1, 0.15) is 38.7 Å². The van der Waals surface area contributed by atoms with E-state index in [1.165, 1.54) is 0 Å². The maximum Gasteiger partial charge on any atom is 0.368 e. The average molecular weight is 292 g/mol. The van der Waals surface area contributed by atoms with Crippen LogP contribution in [0.3, 0.4) is 0 Å². The van der Waals surface area contributed by atoms with Gasteiger partial charge in [0.25, 0.3) is 0 Å². The fourth-order valence-corrected chi connectivity index (χ4v) is 1.63. The molecule has 0 aliphatic carbocycles. The standard InChI is InChI=1S/C17H24O4/c1-4-5-13-19-15(3)20-21-17(18)14(2)11-12-16-9-7-6-8-10-16/h6-10,15H,2,4-5,11-13H2,1,3H3. The van der Waals surface area contributed by atoms with Gasteiger partial charge in [-0.05, 0) is 31.7 Å². The number of carbonyl (C=O) groups excluding carboxylic acids is 1. The molecule has 4 heteroatoms. The van der Waals surface area contributed by atoms with Crippen LogP contribution in [0.15, 0.2) is 42.5 Å². The Kier molecular flexibility index (Phi) is 8.40. The van der Waals surface area contributed by atoms with Crippen molar-refractivity contribution in [2.75, 3.05) is 6.61 Å². The second kappa shape index (κ2) is 10.1. The van der Waals surface area contributed by atoms with E-state index in [0.717, 1.165) is 24.8 Å². The molecule has 0 radical (unpaired) electrons. The number of hydrogen-bond donors (Lipinski definition) is 0. The zero-order valence-electron chi connectivity index (χ0n) is 12.8. The second-order valence-electron chi connectivity index (χ2n) is 4.85. The number of carbonyl (C=O) groups is 1. The van der Waals surface area contributed by atoms with Crippen molar-refractivity contribution in [3.05, 3.63) is 48.0 Å². The maximum atomic E-state index is 11.7. The van der Waals surface area contributed by atoms with E-state index in [9.17, 15) is 4.79 Å². The molecular weight excluding hydrogens is 268 g/mol. The monoisotopic (exact) mass is 292 g/mol. The molecular formula is C17H24O4. The van der Waals surface area contributed by atoms with Crippen molar-refractivity contribution >= 4 is 5.97 Å². The normalized spacial score (nSPS) is 11.9. The molecule has 0 saturated carbocycles. The first-order valence-electron chi connectivity index (χ1n) is 7.34. The second-order valence-corrected chi connectivity index (χ2v) is 4.85. The fourth-order valence-electron chi connectivity index (χ4n) is 1.63. The van der Waals surface area contributed by atoms with E-state index >= 15 is 0 Å². The van der Waals surface area contributed by atoms with Crippen LogP contribution in [0, 0.1) is 0 Å². The summed E-state index contributed by atoms with van der Waals surface area (Å²) in [6.45, 7) is 8.08. The quantitative estimate of drug-likeness (QED) is 0.216. The Hall–Kier alpha value is -1.65. The highest BCUT2D eigenvalue weighted by Gasteiger charge is 2.12. The van der Waals surface area contributed by atoms with Gasteiger partial charge >= 0.3 is 5.97 Å². The number of ether oxygens (including phenoxy) is 1. The van der Waals surface area contributed by atoms with E-state index in [0.29, 0.717) is 18.6 Å². The molecule has 21 heavy (non-hydrogen) atoms. The van der Waals surface area contributed by atoms with Crippen molar-refractivity contribution in [1.82, 2.24) is 0 Å². The van der Waals surface area contributed by atoms with Gasteiger partial charge in [-0.25, -0.2) is 4.79 Å². The van der Waals surface area contributed by atoms with Gasteiger partial charge in [-0.15, -0.1) is 0 Å². The molecule has 0 aliphatic heterocycles. The molecule has 0 aromatic heterocycles. The van der Waals surface area contributed by atoms with Gasteiger partial charge in [0.2, 0.25) is 0 Å². The summed E-state index contributed by atoms with van der Waals surface area (Å²) in [5.41, 5.74) is 1.54. The summed E-state index contributed by atoms with van der Waals surface area (Å²) in [6.07, 6.45) is 2.71. The summed E-state index contributed by atoms with van der Waals surface area (Å²) in [6, 6.07) is 9.92. The number of unbranched alkanes of at least 4 members (excludes halogenated alkanes) is 1. The zero-order chi connectivity index (χ0) is 15.5. The van der Waals surface area contributed by atoms with Crippen LogP contribution in [0.4, 0.5) is 0 Å². The van der Waals surface area contributed by atoms with Crippen LogP contribution in [-0.2, 0) is 25.7 Å². The molecule has 0 aliphatic rings. The first kappa shape index (κ1) is 17.4. The first-order chi connectivity index (χ1) is 10.1. The number of hydrogen-bond acceptors (Lipinski definition) is 4. The summed E-state index contributed by atoms with van der Waals surface area (Å²) in [4.78, 5) is 21.3. The number of aryl methyl sites for hydroxylation is 1. The molecule has 0 heterocycles. The van der Waals surface area contributed by atoms with Crippen LogP contribution in [-0.4, -0.2) is 18.9 Å². The highest BCUT2D eigenvalue weighted by Crippen LogP contribution is 2.10. The topological polar surface area (TPSA) is 44.8 Å². The summed E-state index contributed by atoms with van der Waals surface area (Å²) in [5.74, 6) is -0.545. The Balaban J connectivity index is 2.20. The summed E-state index contributed by atoms with van der Waals surface area (Å²) in [5, 5.41) is 0. The predicted molar refractivity (Wildman–Crippen MR) is 81.4 cm³/mol. The van der Waals surface area contributed by atoms with Gasteiger partial charge in [0.05, 0.1) is 0 Å². The van der Waals surface area contributed by atoms with Crippen molar-refractivity contribution in [2.24, 2.45) is 0 Å². The molecule has 1 atom stereocenters. The van der Waals surface area contributed by atoms with Crippen LogP contribution < -0.4 is 0 Å². The van der Waals surface area contributed by atoms with E-state index in [2.05, 4.69) is 13.5 Å². The first-order valence-corrected chi connectivity index (χ1v) is 7.34. The lowest BCUT2D eigenvalue weighted by Gasteiger charge is -2.12. The van der Waals surface area contributed by atoms with Gasteiger partial charge in [0.15, 0.2) is 6.29 Å². The lowest BCUT2D eigenvalue weighted by molar-refractivity contribution is -0.344. The van der Waals surface area contributed by atoms with Crippen molar-refractivity contribution < 1.29 is 19.3 Å². The van der Waals surface area contributed by atoms with E-state index in [4.69, 9.17) is 14.5 Å². The predicted octanol–water partition coefficient (Wildman–Crippen LogP) is 3.81. The molecule has 0 saturated heterocycles. The Labute approximate surface area is 126 Å². The van der Waals surface area contributed by atoms with E-state index in [1.54, 1.807) is 6.92 Å². The van der Waals surface area contributed by atoms with Crippen LogP contribution in [0.2, 0.25) is 0 Å². The summed E-state index contributed by atoms with van der Waals surface area (Å²) in [7, 11) is 0. The third kappa shape index (κ3) is 7.63. The van der Waals surface area contributed by atoms with Gasteiger partial charge in [-0.1, -0.05) is 50.3 Å². The van der Waals surface area contributed by atoms with Gasteiger partial charge in [-0.3, -0.25) is 4.89 Å². The van der Waals surface area contributed by atoms with Crippen molar-refractivity contribution in [3.63, 3.8) is 0 Å². The third-order valence-electron chi connectivity index (χ3n) is 2.96. The SMILES string of the molecule is C=C(CCc1ccccc1)C(=O)OOC(C)OCCCC. The highest BCUT2D eigenvalue weighted by molar-refractivity contribution is 5.87. The largest absolute Gasteiger partial charge is 0.368 e. The van der Waals surface area contributed by atoms with Gasteiger partial charge in [0, 0.05) is 12.2 Å². The number of rotatable bonds is 10. The maximum absolute atomic E-state index is 11.7. The molecule has 0 bridgehead atoms. The third-order valence-corrected chi connectivity index (χ3v) is 2.96. The van der Waals surface area contributed by atoms with Crippen LogP contribution in [0.25, 0.3) is 0 Å². The lowest BCUT2D eigenvalue weighted by Crippen LogP contribution is -2.18. The molecule has 1 unspecified atom stereocenters. The van der Waals surface area contributed by atoms with E-state index in [-0.39, 0.29) is 0 Å². The molecule has 0 spiro atoms. The summed E-state index contributed by atoms with van der Waals surface area (Å²) >= 11 is 0. The Morgan fingerprint density at radius 1 is 1.29 bits per heavy atom. The lowest BCUT2D eigenvalue weighted by atomic mass is 10.1. The zero-order valence-corrected chi connectivity index (χ0v) is 12.8. The van der Waals surface area contributed by atoms with Crippen LogP contribution >= 0.6 is 0 Å². The van der Waals surface area contributed by atoms with Crippen molar-refractivity contribution in [3.8, 4) is 0 Å². The minimum Gasteiger partial charge on any atom is -0.349 e. The average Bonchev–Trinajstić information content (AvgIpc) is 2.51. The minimum atomic E-state index is -0.567. The van der Waals surface area contributed by atoms with Gasteiger partial charge in [0.1, 0.15) is 0 Å². The smallest absolute Gasteiger partial charge is 0.349 e. The van der Waals surface area contributed by atoms with Crippen LogP contribution in [0.5, 0.6) is 0 Å². The Morgan fingerprint density at radius 3 is 2.67 bits per heavy atom.